The molecule has 1 atom stereocenters. The van der Waals surface area contributed by atoms with Gasteiger partial charge in [0.1, 0.15) is 16.6 Å². The highest BCUT2D eigenvalue weighted by molar-refractivity contribution is 7.15. The summed E-state index contributed by atoms with van der Waals surface area (Å²) < 4.78 is 7.46. The Labute approximate surface area is 242 Å². The van der Waals surface area contributed by atoms with Crippen LogP contribution in [0.15, 0.2) is 59.6 Å². The minimum atomic E-state index is -0.786. The van der Waals surface area contributed by atoms with E-state index in [9.17, 15) is 4.79 Å². The number of nitrogens with zero attached hydrogens (tertiary/aromatic N) is 4. The molecule has 2 N–H and O–H groups in total. The summed E-state index contributed by atoms with van der Waals surface area (Å²) in [6.45, 7) is 2.15. The Hall–Kier alpha value is -3.69. The molecule has 0 saturated heterocycles. The number of ether oxygens (including phenoxy) is 1. The maximum atomic E-state index is 13.3. The number of benzene rings is 2. The zero-order chi connectivity index (χ0) is 27.6. The molecule has 1 aliphatic carbocycles. The van der Waals surface area contributed by atoms with Gasteiger partial charge in [0.05, 0.1) is 12.8 Å². The number of carbonyl (C=O) groups excluding carboxylic acids is 1. The van der Waals surface area contributed by atoms with E-state index in [-0.39, 0.29) is 0 Å². The van der Waals surface area contributed by atoms with E-state index in [2.05, 4.69) is 33.3 Å². The number of urea groups is 1. The largest absolute Gasteiger partial charge is 0.497 e. The first-order valence-electron chi connectivity index (χ1n) is 13.7. The Kier molecular flexibility index (Phi) is 7.58. The summed E-state index contributed by atoms with van der Waals surface area (Å²) in [6, 6.07) is 16.7. The van der Waals surface area contributed by atoms with Crippen LogP contribution in [0.2, 0.25) is 5.02 Å². The molecule has 0 spiro atoms. The van der Waals surface area contributed by atoms with Gasteiger partial charge in [-0.3, -0.25) is 9.56 Å². The van der Waals surface area contributed by atoms with Crippen molar-refractivity contribution in [3.05, 3.63) is 87.3 Å². The maximum absolute atomic E-state index is 13.3. The smallest absolute Gasteiger partial charge is 0.321 e. The Morgan fingerprint density at radius 1 is 1.05 bits per heavy atom. The van der Waals surface area contributed by atoms with Crippen LogP contribution in [0.5, 0.6) is 5.75 Å². The third-order valence-corrected chi connectivity index (χ3v) is 9.07. The van der Waals surface area contributed by atoms with Gasteiger partial charge < -0.3 is 15.4 Å². The molecule has 1 fully saturated rings. The van der Waals surface area contributed by atoms with Gasteiger partial charge in [-0.25, -0.2) is 4.79 Å². The van der Waals surface area contributed by atoms with Gasteiger partial charge in [-0.15, -0.1) is 21.5 Å². The third-order valence-electron chi connectivity index (χ3n) is 7.48. The number of halogens is 1. The molecule has 2 aromatic heterocycles. The molecule has 2 aromatic carbocycles. The summed E-state index contributed by atoms with van der Waals surface area (Å²) in [5.74, 6) is 2.49. The highest BCUT2D eigenvalue weighted by atomic mass is 35.5. The summed E-state index contributed by atoms with van der Waals surface area (Å²) in [7, 11) is 1.59. The molecule has 40 heavy (non-hydrogen) atoms. The van der Waals surface area contributed by atoms with E-state index in [1.807, 2.05) is 36.4 Å². The fourth-order valence-electron chi connectivity index (χ4n) is 5.47. The monoisotopic (exact) mass is 574 g/mol. The Bertz CT molecular complexity index is 1570. The van der Waals surface area contributed by atoms with Crippen LogP contribution in [0, 0.1) is 0 Å². The number of fused-ring (bicyclic) bond motifs is 3. The lowest BCUT2D eigenvalue weighted by atomic mass is 9.88. The van der Waals surface area contributed by atoms with Crippen LogP contribution < -0.4 is 15.4 Å². The lowest BCUT2D eigenvalue weighted by Crippen LogP contribution is -2.33. The number of thiophene rings is 1. The van der Waals surface area contributed by atoms with Crippen LogP contribution in [0.3, 0.4) is 0 Å². The number of aryl methyl sites for hydroxylation is 1. The molecule has 1 aliphatic heterocycles. The topological polar surface area (TPSA) is 93.4 Å². The number of aliphatic imine (C=N–C) groups is 1. The minimum Gasteiger partial charge on any atom is -0.497 e. The zero-order valence-corrected chi connectivity index (χ0v) is 24.1. The maximum Gasteiger partial charge on any atom is 0.321 e. The number of amides is 2. The Morgan fingerprint density at radius 3 is 2.62 bits per heavy atom. The summed E-state index contributed by atoms with van der Waals surface area (Å²) in [6.07, 6.45) is 5.86. The molecule has 0 radical (unpaired) electrons. The molecule has 8 nitrogen and oxygen atoms in total. The number of hydrogen-bond acceptors (Lipinski definition) is 6. The van der Waals surface area contributed by atoms with Gasteiger partial charge in [-0.2, -0.15) is 0 Å². The van der Waals surface area contributed by atoms with Crippen molar-refractivity contribution in [2.45, 2.75) is 57.5 Å². The Morgan fingerprint density at radius 2 is 1.85 bits per heavy atom. The van der Waals surface area contributed by atoms with E-state index in [1.54, 1.807) is 30.6 Å². The van der Waals surface area contributed by atoms with E-state index in [4.69, 9.17) is 26.4 Å². The highest BCUT2D eigenvalue weighted by Gasteiger charge is 2.34. The van der Waals surface area contributed by atoms with E-state index >= 15 is 0 Å². The molecular formula is C30H31ClN6O2S. The summed E-state index contributed by atoms with van der Waals surface area (Å²) in [4.78, 5) is 19.7. The first-order valence-corrected chi connectivity index (χ1v) is 14.9. The molecule has 6 rings (SSSR count). The van der Waals surface area contributed by atoms with E-state index in [0.29, 0.717) is 28.2 Å². The molecule has 2 amide bonds. The molecule has 206 valence electrons. The number of anilines is 1. The van der Waals surface area contributed by atoms with Gasteiger partial charge in [0.15, 0.2) is 12.0 Å². The second-order valence-electron chi connectivity index (χ2n) is 10.1. The van der Waals surface area contributed by atoms with Gasteiger partial charge >= 0.3 is 6.03 Å². The highest BCUT2D eigenvalue weighted by Crippen LogP contribution is 2.40. The van der Waals surface area contributed by atoms with Crippen LogP contribution in [0.25, 0.3) is 5.00 Å². The fourth-order valence-corrected chi connectivity index (χ4v) is 6.81. The summed E-state index contributed by atoms with van der Waals surface area (Å²) in [5, 5.41) is 16.9. The number of aromatic nitrogens is 3. The number of hydrogen-bond donors (Lipinski definition) is 2. The van der Waals surface area contributed by atoms with Crippen LogP contribution >= 0.6 is 22.9 Å². The second-order valence-corrected chi connectivity index (χ2v) is 11.6. The molecule has 4 aromatic rings. The molecule has 10 heteroatoms. The summed E-state index contributed by atoms with van der Waals surface area (Å²) in [5.41, 5.74) is 3.12. The SMILES string of the molecule is CCc1cc2c(s1)-n1c(C3CCCCC3)nnc1C(NC(=O)Nc1cccc(OC)c1)N=C2c1ccccc1Cl. The van der Waals surface area contributed by atoms with Crippen LogP contribution in [0.4, 0.5) is 10.5 Å². The minimum absolute atomic E-state index is 0.308. The van der Waals surface area contributed by atoms with Crippen molar-refractivity contribution in [1.29, 1.82) is 0 Å². The van der Waals surface area contributed by atoms with E-state index < -0.39 is 12.2 Å². The molecule has 1 saturated carbocycles. The first-order chi connectivity index (χ1) is 19.6. The van der Waals surface area contributed by atoms with Gasteiger partial charge in [0.25, 0.3) is 0 Å². The fraction of sp³-hybridized carbons (Fsp3) is 0.333. The molecular weight excluding hydrogens is 544 g/mol. The van der Waals surface area contributed by atoms with Crippen molar-refractivity contribution in [2.75, 3.05) is 12.4 Å². The van der Waals surface area contributed by atoms with E-state index in [1.165, 1.54) is 24.1 Å². The second kappa shape index (κ2) is 11.4. The van der Waals surface area contributed by atoms with Gasteiger partial charge in [-0.05, 0) is 43.5 Å². The van der Waals surface area contributed by atoms with Crippen molar-refractivity contribution >= 4 is 40.4 Å². The molecule has 3 heterocycles. The lowest BCUT2D eigenvalue weighted by molar-refractivity contribution is 0.248. The van der Waals surface area contributed by atoms with Crippen LogP contribution in [-0.4, -0.2) is 33.6 Å². The first kappa shape index (κ1) is 26.5. The van der Waals surface area contributed by atoms with Crippen molar-refractivity contribution in [1.82, 2.24) is 20.1 Å². The standard InChI is InChI=1S/C30H31ClN6O2S/c1-3-21-17-23-25(22-14-7-8-15-24(22)31)33-26(34-30(38)32-19-12-9-13-20(16-19)39-2)28-36-35-27(37(28)29(23)40-21)18-10-5-4-6-11-18/h7-9,12-18,26H,3-6,10-11H2,1-2H3,(H2,32,34,38). The number of carbonyl (C=O) groups is 1. The Balaban J connectivity index is 1.47. The van der Waals surface area contributed by atoms with Crippen molar-refractivity contribution < 1.29 is 9.53 Å². The summed E-state index contributed by atoms with van der Waals surface area (Å²) >= 11 is 8.44. The molecule has 0 bridgehead atoms. The van der Waals surface area contributed by atoms with Crippen molar-refractivity contribution in [3.8, 4) is 10.8 Å². The quantitative estimate of drug-likeness (QED) is 0.253. The molecule has 2 aliphatic rings. The number of rotatable bonds is 6. The molecule has 1 unspecified atom stereocenters. The number of nitrogens with one attached hydrogen (secondary N) is 2. The zero-order valence-electron chi connectivity index (χ0n) is 22.5. The average Bonchev–Trinajstić information content (AvgIpc) is 3.58. The van der Waals surface area contributed by atoms with Crippen molar-refractivity contribution in [2.24, 2.45) is 4.99 Å². The van der Waals surface area contributed by atoms with Crippen molar-refractivity contribution in [3.63, 3.8) is 0 Å². The number of methoxy groups -OCH3 is 1. The van der Waals surface area contributed by atoms with Crippen LogP contribution in [0.1, 0.15) is 78.8 Å². The lowest BCUT2D eigenvalue weighted by Gasteiger charge is -2.22. The van der Waals surface area contributed by atoms with Gasteiger partial charge in [0, 0.05) is 38.7 Å². The predicted octanol–water partition coefficient (Wildman–Crippen LogP) is 7.27. The predicted molar refractivity (Wildman–Crippen MR) is 159 cm³/mol. The van der Waals surface area contributed by atoms with Gasteiger partial charge in [0.2, 0.25) is 0 Å². The normalized spacial score (nSPS) is 16.9. The average molecular weight is 575 g/mol. The van der Waals surface area contributed by atoms with Gasteiger partial charge in [-0.1, -0.05) is 62.1 Å². The van der Waals surface area contributed by atoms with Crippen LogP contribution in [-0.2, 0) is 6.42 Å². The third kappa shape index (κ3) is 5.11. The van der Waals surface area contributed by atoms with E-state index in [0.717, 1.165) is 46.9 Å².